The average Bonchev–Trinajstić information content (AvgIpc) is 3.02. The predicted molar refractivity (Wildman–Crippen MR) is 78.4 cm³/mol. The first kappa shape index (κ1) is 12.1. The molecule has 3 aromatic rings. The van der Waals surface area contributed by atoms with E-state index in [1.807, 2.05) is 22.3 Å². The SMILES string of the molecule is CC(C)SCc1nnc2sc(-c3cccs3)nn12. The first-order chi connectivity index (χ1) is 8.74. The summed E-state index contributed by atoms with van der Waals surface area (Å²) in [6.45, 7) is 4.36. The summed E-state index contributed by atoms with van der Waals surface area (Å²) in [6.07, 6.45) is 0. The van der Waals surface area contributed by atoms with Crippen LogP contribution >= 0.6 is 34.4 Å². The summed E-state index contributed by atoms with van der Waals surface area (Å²) in [5.41, 5.74) is 0. The lowest BCUT2D eigenvalue weighted by Crippen LogP contribution is -1.96. The van der Waals surface area contributed by atoms with E-state index in [1.165, 1.54) is 4.88 Å². The highest BCUT2D eigenvalue weighted by Crippen LogP contribution is 2.29. The maximum atomic E-state index is 4.60. The van der Waals surface area contributed by atoms with E-state index in [-0.39, 0.29) is 0 Å². The molecule has 7 heteroatoms. The molecule has 0 spiro atoms. The maximum absolute atomic E-state index is 4.60. The van der Waals surface area contributed by atoms with Crippen LogP contribution in [0, 0.1) is 0 Å². The van der Waals surface area contributed by atoms with Crippen molar-refractivity contribution in [2.45, 2.75) is 24.9 Å². The Morgan fingerprint density at radius 3 is 3.00 bits per heavy atom. The van der Waals surface area contributed by atoms with Gasteiger partial charge >= 0.3 is 0 Å². The molecular formula is C11H12N4S3. The smallest absolute Gasteiger partial charge is 0.186 e. The molecule has 0 amide bonds. The van der Waals surface area contributed by atoms with Crippen LogP contribution in [0.1, 0.15) is 19.7 Å². The number of thiophene rings is 1. The van der Waals surface area contributed by atoms with Crippen LogP contribution in [-0.2, 0) is 5.75 Å². The van der Waals surface area contributed by atoms with Crippen LogP contribution < -0.4 is 0 Å². The van der Waals surface area contributed by atoms with E-state index in [0.717, 1.165) is 21.5 Å². The zero-order chi connectivity index (χ0) is 12.5. The van der Waals surface area contributed by atoms with Crippen LogP contribution in [-0.4, -0.2) is 25.1 Å². The molecule has 3 heterocycles. The van der Waals surface area contributed by atoms with Gasteiger partial charge in [0.05, 0.1) is 10.6 Å². The van der Waals surface area contributed by atoms with Gasteiger partial charge in [-0.2, -0.15) is 21.4 Å². The van der Waals surface area contributed by atoms with Gasteiger partial charge in [-0.1, -0.05) is 31.3 Å². The predicted octanol–water partition coefficient (Wildman–Crippen LogP) is 3.56. The number of rotatable bonds is 4. The molecule has 94 valence electrons. The molecule has 0 unspecified atom stereocenters. The van der Waals surface area contributed by atoms with Gasteiger partial charge in [0.25, 0.3) is 0 Å². The summed E-state index contributed by atoms with van der Waals surface area (Å²) in [5.74, 6) is 1.79. The molecule has 0 fully saturated rings. The Hall–Kier alpha value is -0.920. The van der Waals surface area contributed by atoms with Gasteiger partial charge in [-0.15, -0.1) is 21.5 Å². The highest BCUT2D eigenvalue weighted by molar-refractivity contribution is 7.99. The summed E-state index contributed by atoms with van der Waals surface area (Å²) in [5, 5.41) is 16.7. The van der Waals surface area contributed by atoms with Crippen LogP contribution in [0.25, 0.3) is 14.8 Å². The van der Waals surface area contributed by atoms with Crippen LogP contribution in [0.5, 0.6) is 0 Å². The van der Waals surface area contributed by atoms with Crippen LogP contribution in [0.3, 0.4) is 0 Å². The molecular weight excluding hydrogens is 284 g/mol. The largest absolute Gasteiger partial charge is 0.235 e. The molecule has 0 saturated heterocycles. The molecule has 0 atom stereocenters. The summed E-state index contributed by atoms with van der Waals surface area (Å²) in [4.78, 5) is 2.06. The molecule has 3 aromatic heterocycles. The molecule has 3 rings (SSSR count). The molecule has 18 heavy (non-hydrogen) atoms. The standard InChI is InChI=1S/C11H12N4S3/c1-7(2)17-6-9-12-13-11-15(9)14-10(18-11)8-4-3-5-16-8/h3-5,7H,6H2,1-2H3. The van der Waals surface area contributed by atoms with Gasteiger partial charge in [0, 0.05) is 0 Å². The van der Waals surface area contributed by atoms with Gasteiger partial charge in [0.15, 0.2) is 10.8 Å². The maximum Gasteiger partial charge on any atom is 0.235 e. The fraction of sp³-hybridized carbons (Fsp3) is 0.364. The van der Waals surface area contributed by atoms with Crippen LogP contribution in [0.15, 0.2) is 17.5 Å². The second-order valence-electron chi connectivity index (χ2n) is 4.05. The first-order valence-electron chi connectivity index (χ1n) is 5.60. The van der Waals surface area contributed by atoms with E-state index in [4.69, 9.17) is 0 Å². The van der Waals surface area contributed by atoms with Crippen molar-refractivity contribution < 1.29 is 0 Å². The Bertz CT molecular complexity index is 638. The van der Waals surface area contributed by atoms with Gasteiger partial charge in [-0.05, 0) is 16.7 Å². The third-order valence-corrected chi connectivity index (χ3v) is 5.36. The van der Waals surface area contributed by atoms with Crippen LogP contribution in [0.4, 0.5) is 0 Å². The van der Waals surface area contributed by atoms with E-state index in [1.54, 1.807) is 22.7 Å². The van der Waals surface area contributed by atoms with Gasteiger partial charge in [-0.25, -0.2) is 0 Å². The fourth-order valence-electron chi connectivity index (χ4n) is 1.49. The van der Waals surface area contributed by atoms with E-state index in [0.29, 0.717) is 5.25 Å². The summed E-state index contributed by atoms with van der Waals surface area (Å²) in [7, 11) is 0. The second kappa shape index (κ2) is 4.99. The lowest BCUT2D eigenvalue weighted by atomic mass is 10.5. The van der Waals surface area contributed by atoms with Gasteiger partial charge < -0.3 is 0 Å². The summed E-state index contributed by atoms with van der Waals surface area (Å²) < 4.78 is 1.87. The van der Waals surface area contributed by atoms with E-state index >= 15 is 0 Å². The Kier molecular flexibility index (Phi) is 3.36. The molecule has 0 radical (unpaired) electrons. The van der Waals surface area contributed by atoms with Crippen molar-refractivity contribution >= 4 is 39.4 Å². The van der Waals surface area contributed by atoms with Crippen molar-refractivity contribution in [2.24, 2.45) is 0 Å². The monoisotopic (exact) mass is 296 g/mol. The van der Waals surface area contributed by atoms with E-state index in [9.17, 15) is 0 Å². The number of fused-ring (bicyclic) bond motifs is 1. The molecule has 0 N–H and O–H groups in total. The summed E-state index contributed by atoms with van der Waals surface area (Å²) >= 11 is 5.14. The number of hydrogen-bond donors (Lipinski definition) is 0. The van der Waals surface area contributed by atoms with Gasteiger partial charge in [0.2, 0.25) is 4.96 Å². The van der Waals surface area contributed by atoms with E-state index < -0.39 is 0 Å². The Balaban J connectivity index is 1.93. The highest BCUT2D eigenvalue weighted by Gasteiger charge is 2.13. The number of thioether (sulfide) groups is 1. The van der Waals surface area contributed by atoms with Crippen molar-refractivity contribution in [3.8, 4) is 9.88 Å². The minimum Gasteiger partial charge on any atom is -0.186 e. The normalized spacial score (nSPS) is 11.7. The molecule has 0 aliphatic carbocycles. The molecule has 0 bridgehead atoms. The Morgan fingerprint density at radius 2 is 2.28 bits per heavy atom. The zero-order valence-electron chi connectivity index (χ0n) is 10.0. The van der Waals surface area contributed by atoms with Crippen molar-refractivity contribution in [3.05, 3.63) is 23.3 Å². The lowest BCUT2D eigenvalue weighted by Gasteiger charge is -2.00. The topological polar surface area (TPSA) is 43.1 Å². The molecule has 4 nitrogen and oxygen atoms in total. The highest BCUT2D eigenvalue weighted by atomic mass is 32.2. The number of aromatic nitrogens is 4. The molecule has 0 aliphatic rings. The van der Waals surface area contributed by atoms with Crippen molar-refractivity contribution in [2.75, 3.05) is 0 Å². The van der Waals surface area contributed by atoms with Crippen molar-refractivity contribution in [1.29, 1.82) is 0 Å². The second-order valence-corrected chi connectivity index (χ2v) is 7.52. The molecule has 0 aromatic carbocycles. The van der Waals surface area contributed by atoms with Crippen molar-refractivity contribution in [1.82, 2.24) is 19.8 Å². The quantitative estimate of drug-likeness (QED) is 0.738. The zero-order valence-corrected chi connectivity index (χ0v) is 12.5. The van der Waals surface area contributed by atoms with Crippen LogP contribution in [0.2, 0.25) is 0 Å². The Labute approximate surface area is 117 Å². The van der Waals surface area contributed by atoms with Crippen molar-refractivity contribution in [3.63, 3.8) is 0 Å². The third kappa shape index (κ3) is 2.30. The number of nitrogens with zero attached hydrogens (tertiary/aromatic N) is 4. The number of hydrogen-bond acceptors (Lipinski definition) is 6. The minimum absolute atomic E-state index is 0.591. The average molecular weight is 296 g/mol. The molecule has 0 aliphatic heterocycles. The van der Waals surface area contributed by atoms with Gasteiger partial charge in [-0.3, -0.25) is 0 Å². The fourth-order valence-corrected chi connectivity index (χ4v) is 3.80. The lowest BCUT2D eigenvalue weighted by molar-refractivity contribution is 0.886. The Morgan fingerprint density at radius 1 is 1.39 bits per heavy atom. The van der Waals surface area contributed by atoms with Gasteiger partial charge in [0.1, 0.15) is 0 Å². The summed E-state index contributed by atoms with van der Waals surface area (Å²) in [6, 6.07) is 4.12. The minimum atomic E-state index is 0.591. The van der Waals surface area contributed by atoms with E-state index in [2.05, 4.69) is 40.6 Å². The molecule has 0 saturated carbocycles. The third-order valence-electron chi connectivity index (χ3n) is 2.33. The first-order valence-corrected chi connectivity index (χ1v) is 8.35.